The van der Waals surface area contributed by atoms with Crippen LogP contribution in [0.4, 0.5) is 0 Å². The number of piperidine rings is 1. The van der Waals surface area contributed by atoms with Crippen molar-refractivity contribution < 1.29 is 14.6 Å². The van der Waals surface area contributed by atoms with Crippen LogP contribution in [0.25, 0.3) is 0 Å². The first kappa shape index (κ1) is 25.1. The van der Waals surface area contributed by atoms with Crippen LogP contribution < -0.4 is 0 Å². The SMILES string of the molecule is CC.Clc1ccccc1.O=C(O)CCCN1CCC(OCc2ccccn2)CC1. The maximum Gasteiger partial charge on any atom is 0.303 e. The minimum Gasteiger partial charge on any atom is -0.481 e. The number of likely N-dealkylation sites (tertiary alicyclic amines) is 1. The smallest absolute Gasteiger partial charge is 0.303 e. The zero-order chi connectivity index (χ0) is 21.3. The van der Waals surface area contributed by atoms with Crippen molar-refractivity contribution in [3.05, 3.63) is 65.4 Å². The van der Waals surface area contributed by atoms with Gasteiger partial charge in [-0.1, -0.05) is 49.7 Å². The highest BCUT2D eigenvalue weighted by Crippen LogP contribution is 2.15. The molecule has 3 rings (SSSR count). The standard InChI is InChI=1S/C15H22N2O3.C6H5Cl.C2H6/c18-15(19)5-3-9-17-10-6-14(7-11-17)20-12-13-4-1-2-8-16-13;7-6-4-2-1-3-5-6;1-2/h1-2,4,8,14H,3,5-7,9-12H2,(H,18,19);1-5H;1-2H3. The van der Waals surface area contributed by atoms with Crippen molar-refractivity contribution in [2.75, 3.05) is 19.6 Å². The Kier molecular flexibility index (Phi) is 13.8. The highest BCUT2D eigenvalue weighted by molar-refractivity contribution is 6.30. The van der Waals surface area contributed by atoms with Crippen LogP contribution in [0, 0.1) is 0 Å². The second kappa shape index (κ2) is 15.9. The summed E-state index contributed by atoms with van der Waals surface area (Å²) in [5.74, 6) is -0.710. The van der Waals surface area contributed by atoms with E-state index < -0.39 is 5.97 Å². The average molecular weight is 421 g/mol. The number of nitrogens with zero attached hydrogens (tertiary/aromatic N) is 2. The molecule has 0 spiro atoms. The van der Waals surface area contributed by atoms with E-state index in [-0.39, 0.29) is 6.42 Å². The fourth-order valence-electron chi connectivity index (χ4n) is 2.85. The van der Waals surface area contributed by atoms with Crippen molar-refractivity contribution in [3.63, 3.8) is 0 Å². The summed E-state index contributed by atoms with van der Waals surface area (Å²) in [5, 5.41) is 9.41. The van der Waals surface area contributed by atoms with E-state index >= 15 is 0 Å². The number of hydrogen-bond donors (Lipinski definition) is 1. The third-order valence-electron chi connectivity index (χ3n) is 4.33. The van der Waals surface area contributed by atoms with Crippen molar-refractivity contribution in [1.29, 1.82) is 0 Å². The summed E-state index contributed by atoms with van der Waals surface area (Å²) in [6, 6.07) is 15.3. The first-order valence-corrected chi connectivity index (χ1v) is 10.7. The Balaban J connectivity index is 0.000000390. The first-order chi connectivity index (χ1) is 14.1. The van der Waals surface area contributed by atoms with Gasteiger partial charge in [0.25, 0.3) is 0 Å². The fraction of sp³-hybridized carbons (Fsp3) is 0.478. The van der Waals surface area contributed by atoms with E-state index in [2.05, 4.69) is 9.88 Å². The molecule has 0 unspecified atom stereocenters. The summed E-state index contributed by atoms with van der Waals surface area (Å²) < 4.78 is 5.88. The van der Waals surface area contributed by atoms with Crippen molar-refractivity contribution in [2.45, 2.75) is 52.2 Å². The summed E-state index contributed by atoms with van der Waals surface area (Å²) in [5.41, 5.74) is 0.969. The van der Waals surface area contributed by atoms with Crippen molar-refractivity contribution in [2.24, 2.45) is 0 Å². The van der Waals surface area contributed by atoms with Crippen LogP contribution in [0.15, 0.2) is 54.7 Å². The molecular weight excluding hydrogens is 388 g/mol. The van der Waals surface area contributed by atoms with E-state index in [9.17, 15) is 4.79 Å². The normalized spacial score (nSPS) is 14.2. The molecule has 0 amide bonds. The number of pyridine rings is 1. The first-order valence-electron chi connectivity index (χ1n) is 10.3. The molecule has 6 heteroatoms. The van der Waals surface area contributed by atoms with Crippen LogP contribution in [-0.2, 0) is 16.1 Å². The van der Waals surface area contributed by atoms with Crippen molar-refractivity contribution >= 4 is 17.6 Å². The number of benzene rings is 1. The quantitative estimate of drug-likeness (QED) is 0.659. The fourth-order valence-corrected chi connectivity index (χ4v) is 3.00. The molecule has 0 aliphatic carbocycles. The minimum atomic E-state index is -0.710. The molecule has 2 aromatic rings. The van der Waals surface area contributed by atoms with Gasteiger partial charge in [0, 0.05) is 30.7 Å². The molecule has 1 aliphatic heterocycles. The van der Waals surface area contributed by atoms with Gasteiger partial charge < -0.3 is 14.7 Å². The van der Waals surface area contributed by atoms with Crippen LogP contribution in [-0.4, -0.2) is 46.7 Å². The van der Waals surface area contributed by atoms with E-state index in [4.69, 9.17) is 21.4 Å². The molecule has 0 radical (unpaired) electrons. The zero-order valence-electron chi connectivity index (χ0n) is 17.5. The molecule has 0 atom stereocenters. The number of carboxylic acids is 1. The monoisotopic (exact) mass is 420 g/mol. The van der Waals surface area contributed by atoms with Gasteiger partial charge in [-0.05, 0) is 50.1 Å². The average Bonchev–Trinajstić information content (AvgIpc) is 2.76. The third kappa shape index (κ3) is 12.3. The van der Waals surface area contributed by atoms with Gasteiger partial charge in [0.2, 0.25) is 0 Å². The highest BCUT2D eigenvalue weighted by atomic mass is 35.5. The largest absolute Gasteiger partial charge is 0.481 e. The molecule has 160 valence electrons. The molecule has 1 aliphatic rings. The number of aliphatic carboxylic acids is 1. The number of halogens is 1. The lowest BCUT2D eigenvalue weighted by molar-refractivity contribution is -0.137. The maximum absolute atomic E-state index is 10.5. The molecule has 0 saturated carbocycles. The van der Waals surface area contributed by atoms with Gasteiger partial charge in [-0.2, -0.15) is 0 Å². The second-order valence-corrected chi connectivity index (χ2v) is 6.90. The molecule has 2 heterocycles. The number of carboxylic acid groups (broad SMARTS) is 1. The van der Waals surface area contributed by atoms with Crippen LogP contribution >= 0.6 is 11.6 Å². The Hall–Kier alpha value is -1.95. The lowest BCUT2D eigenvalue weighted by Crippen LogP contribution is -2.37. The van der Waals surface area contributed by atoms with Crippen LogP contribution in [0.5, 0.6) is 0 Å². The summed E-state index contributed by atoms with van der Waals surface area (Å²) in [7, 11) is 0. The van der Waals surface area contributed by atoms with Gasteiger partial charge in [-0.3, -0.25) is 9.78 Å². The molecule has 5 nitrogen and oxygen atoms in total. The number of ether oxygens (including phenoxy) is 1. The predicted molar refractivity (Wildman–Crippen MR) is 118 cm³/mol. The van der Waals surface area contributed by atoms with Crippen LogP contribution in [0.1, 0.15) is 45.2 Å². The van der Waals surface area contributed by atoms with Gasteiger partial charge in [0.05, 0.1) is 18.4 Å². The Morgan fingerprint density at radius 1 is 1.14 bits per heavy atom. The van der Waals surface area contributed by atoms with E-state index in [1.165, 1.54) is 0 Å². The molecule has 0 bridgehead atoms. The Morgan fingerprint density at radius 3 is 2.31 bits per heavy atom. The number of aromatic nitrogens is 1. The van der Waals surface area contributed by atoms with E-state index in [1.54, 1.807) is 6.20 Å². The summed E-state index contributed by atoms with van der Waals surface area (Å²) in [4.78, 5) is 17.0. The molecular formula is C23H33ClN2O3. The predicted octanol–water partition coefficient (Wildman–Crippen LogP) is 5.29. The Labute approximate surface area is 179 Å². The van der Waals surface area contributed by atoms with E-state index in [0.717, 1.165) is 49.6 Å². The van der Waals surface area contributed by atoms with Crippen molar-refractivity contribution in [3.8, 4) is 0 Å². The highest BCUT2D eigenvalue weighted by Gasteiger charge is 2.19. The molecule has 29 heavy (non-hydrogen) atoms. The third-order valence-corrected chi connectivity index (χ3v) is 4.58. The molecule has 1 aromatic heterocycles. The lowest BCUT2D eigenvalue weighted by Gasteiger charge is -2.31. The number of carbonyl (C=O) groups is 1. The Bertz CT molecular complexity index is 648. The topological polar surface area (TPSA) is 62.7 Å². The second-order valence-electron chi connectivity index (χ2n) is 6.47. The number of hydrogen-bond acceptors (Lipinski definition) is 4. The van der Waals surface area contributed by atoms with Crippen molar-refractivity contribution in [1.82, 2.24) is 9.88 Å². The zero-order valence-corrected chi connectivity index (χ0v) is 18.2. The van der Waals surface area contributed by atoms with E-state index in [0.29, 0.717) is 12.7 Å². The van der Waals surface area contributed by atoms with Gasteiger partial charge >= 0.3 is 5.97 Å². The summed E-state index contributed by atoms with van der Waals surface area (Å²) >= 11 is 5.54. The van der Waals surface area contributed by atoms with E-state index in [1.807, 2.05) is 62.4 Å². The molecule has 1 saturated heterocycles. The molecule has 1 aromatic carbocycles. The molecule has 1 fully saturated rings. The summed E-state index contributed by atoms with van der Waals surface area (Å²) in [6.07, 6.45) is 5.10. The van der Waals surface area contributed by atoms with Gasteiger partial charge in [-0.15, -0.1) is 0 Å². The maximum atomic E-state index is 10.5. The van der Waals surface area contributed by atoms with Gasteiger partial charge in [0.15, 0.2) is 0 Å². The summed E-state index contributed by atoms with van der Waals surface area (Å²) in [6.45, 7) is 7.43. The van der Waals surface area contributed by atoms with Crippen LogP contribution in [0.2, 0.25) is 5.02 Å². The van der Waals surface area contributed by atoms with Crippen LogP contribution in [0.3, 0.4) is 0 Å². The minimum absolute atomic E-state index is 0.260. The lowest BCUT2D eigenvalue weighted by atomic mass is 10.1. The number of rotatable bonds is 7. The van der Waals surface area contributed by atoms with Gasteiger partial charge in [0.1, 0.15) is 0 Å². The molecule has 1 N–H and O–H groups in total. The van der Waals surface area contributed by atoms with Gasteiger partial charge in [-0.25, -0.2) is 0 Å². The Morgan fingerprint density at radius 2 is 1.79 bits per heavy atom.